The molecule has 0 atom stereocenters. The van der Waals surface area contributed by atoms with Gasteiger partial charge in [-0.25, -0.2) is 15.0 Å². The quantitative estimate of drug-likeness (QED) is 0.160. The van der Waals surface area contributed by atoms with Gasteiger partial charge in [0.15, 0.2) is 0 Å². The molecule has 11 rings (SSSR count). The molecule has 266 valence electrons. The molecule has 0 spiro atoms. The van der Waals surface area contributed by atoms with Crippen LogP contribution in [0.2, 0.25) is 0 Å². The molecule has 0 fully saturated rings. The molecule has 0 aliphatic heterocycles. The van der Waals surface area contributed by atoms with Crippen LogP contribution in [0.3, 0.4) is 0 Å². The topological polar surface area (TPSA) is 41.9 Å². The van der Waals surface area contributed by atoms with Crippen molar-refractivity contribution in [2.24, 2.45) is 0 Å². The summed E-state index contributed by atoms with van der Waals surface area (Å²) in [5, 5.41) is 7.92. The largest absolute Gasteiger partial charge is 0.310 e. The van der Waals surface area contributed by atoms with E-state index in [0.717, 1.165) is 88.9 Å². The lowest BCUT2D eigenvalue weighted by Gasteiger charge is -2.26. The van der Waals surface area contributed by atoms with Crippen LogP contribution in [0.4, 0.5) is 17.1 Å². The third-order valence-electron chi connectivity index (χ3n) is 11.0. The highest BCUT2D eigenvalue weighted by molar-refractivity contribution is 6.23. The van der Waals surface area contributed by atoms with Gasteiger partial charge in [0.05, 0.1) is 33.6 Å². The molecule has 0 radical (unpaired) electrons. The first kappa shape index (κ1) is 32.7. The van der Waals surface area contributed by atoms with Crippen molar-refractivity contribution < 1.29 is 0 Å². The summed E-state index contributed by atoms with van der Waals surface area (Å²) in [5.74, 6) is 0. The smallest absolute Gasteiger partial charge is 0.0972 e. The summed E-state index contributed by atoms with van der Waals surface area (Å²) >= 11 is 0. The Bertz CT molecular complexity index is 3250. The molecule has 0 aliphatic rings. The molecule has 0 amide bonds. The predicted molar refractivity (Wildman–Crippen MR) is 238 cm³/mol. The van der Waals surface area contributed by atoms with Crippen molar-refractivity contribution in [1.82, 2.24) is 15.0 Å². The van der Waals surface area contributed by atoms with Gasteiger partial charge in [-0.05, 0) is 59.3 Å². The van der Waals surface area contributed by atoms with Crippen molar-refractivity contribution in [3.63, 3.8) is 0 Å². The van der Waals surface area contributed by atoms with Gasteiger partial charge in [-0.15, -0.1) is 0 Å². The summed E-state index contributed by atoms with van der Waals surface area (Å²) in [4.78, 5) is 18.5. The minimum absolute atomic E-state index is 0.876. The zero-order valence-corrected chi connectivity index (χ0v) is 30.9. The second-order valence-corrected chi connectivity index (χ2v) is 14.4. The molecule has 0 aliphatic carbocycles. The first-order valence-electron chi connectivity index (χ1n) is 19.3. The number of anilines is 3. The molecule has 4 nitrogen and oxygen atoms in total. The summed E-state index contributed by atoms with van der Waals surface area (Å²) in [6.45, 7) is 0. The lowest BCUT2D eigenvalue weighted by atomic mass is 9.92. The lowest BCUT2D eigenvalue weighted by Crippen LogP contribution is -2.09. The van der Waals surface area contributed by atoms with Crippen LogP contribution in [0.1, 0.15) is 0 Å². The summed E-state index contributed by atoms with van der Waals surface area (Å²) < 4.78 is 0. The average molecular weight is 727 g/mol. The number of aromatic nitrogens is 3. The van der Waals surface area contributed by atoms with E-state index in [0.29, 0.717) is 0 Å². The number of pyridine rings is 3. The summed E-state index contributed by atoms with van der Waals surface area (Å²) in [5.41, 5.74) is 11.8. The molecule has 0 N–H and O–H groups in total. The maximum atomic E-state index is 5.59. The third-order valence-corrected chi connectivity index (χ3v) is 11.0. The van der Waals surface area contributed by atoms with Gasteiger partial charge in [-0.2, -0.15) is 0 Å². The minimum atomic E-state index is 0.876. The van der Waals surface area contributed by atoms with E-state index in [2.05, 4.69) is 193 Å². The van der Waals surface area contributed by atoms with Gasteiger partial charge in [0, 0.05) is 60.7 Å². The van der Waals surface area contributed by atoms with Crippen molar-refractivity contribution in [1.29, 1.82) is 0 Å². The SMILES string of the molecule is c1ccc(-c2ccc3ccc4ccc(-c5ccccc5-c5nc6cc(N(c7ccccc7)c7ccccc7)ccc6c6c5ccc5ccccc56)nc4c3n2)cc1. The normalized spacial score (nSPS) is 11.5. The minimum Gasteiger partial charge on any atom is -0.310 e. The fourth-order valence-electron chi connectivity index (χ4n) is 8.31. The molecule has 4 heteroatoms. The van der Waals surface area contributed by atoms with Crippen molar-refractivity contribution in [2.45, 2.75) is 0 Å². The number of rotatable bonds is 6. The standard InChI is InChI=1S/C53H34N4/c1-4-15-36(16-5-1)47-32-27-37-24-25-38-28-33-48(55-52(38)51(37)54-47)43-22-12-13-23-44(43)53-46-30-26-35-14-10-11-21-42(35)50(46)45-31-29-41(34-49(45)56-53)57(39-17-6-2-7-18-39)40-19-8-3-9-20-40/h1-34H. The first-order chi connectivity index (χ1) is 28.3. The van der Waals surface area contributed by atoms with Crippen molar-refractivity contribution >= 4 is 71.3 Å². The van der Waals surface area contributed by atoms with Crippen LogP contribution in [0.5, 0.6) is 0 Å². The molecular weight excluding hydrogens is 693 g/mol. The summed E-state index contributed by atoms with van der Waals surface area (Å²) in [7, 11) is 0. The Morgan fingerprint density at radius 2 is 0.877 bits per heavy atom. The van der Waals surface area contributed by atoms with E-state index in [1.807, 2.05) is 18.2 Å². The number of benzene rings is 8. The second kappa shape index (κ2) is 13.6. The molecule has 3 aromatic heterocycles. The first-order valence-corrected chi connectivity index (χ1v) is 19.3. The molecule has 0 unspecified atom stereocenters. The van der Waals surface area contributed by atoms with Gasteiger partial charge in [0.25, 0.3) is 0 Å². The van der Waals surface area contributed by atoms with Gasteiger partial charge in [0.2, 0.25) is 0 Å². The monoisotopic (exact) mass is 726 g/mol. The van der Waals surface area contributed by atoms with Gasteiger partial charge in [-0.3, -0.25) is 0 Å². The zero-order valence-electron chi connectivity index (χ0n) is 30.9. The van der Waals surface area contributed by atoms with Crippen LogP contribution < -0.4 is 4.90 Å². The Morgan fingerprint density at radius 1 is 0.333 bits per heavy atom. The second-order valence-electron chi connectivity index (χ2n) is 14.4. The fraction of sp³-hybridized carbons (Fsp3) is 0. The van der Waals surface area contributed by atoms with E-state index in [1.165, 1.54) is 16.2 Å². The van der Waals surface area contributed by atoms with E-state index < -0.39 is 0 Å². The number of nitrogens with zero attached hydrogens (tertiary/aromatic N) is 4. The molecule has 11 aromatic rings. The van der Waals surface area contributed by atoms with E-state index in [4.69, 9.17) is 15.0 Å². The molecule has 0 saturated heterocycles. The van der Waals surface area contributed by atoms with Crippen LogP contribution in [0.15, 0.2) is 206 Å². The maximum Gasteiger partial charge on any atom is 0.0972 e. The molecule has 57 heavy (non-hydrogen) atoms. The van der Waals surface area contributed by atoms with E-state index in [9.17, 15) is 0 Å². The highest BCUT2D eigenvalue weighted by atomic mass is 15.1. The molecule has 0 saturated carbocycles. The number of fused-ring (bicyclic) bond motifs is 8. The van der Waals surface area contributed by atoms with Crippen LogP contribution >= 0.6 is 0 Å². The van der Waals surface area contributed by atoms with Gasteiger partial charge in [0.1, 0.15) is 0 Å². The summed E-state index contributed by atoms with van der Waals surface area (Å²) in [6, 6.07) is 72.5. The Kier molecular flexibility index (Phi) is 7.78. The van der Waals surface area contributed by atoms with Gasteiger partial charge >= 0.3 is 0 Å². The average Bonchev–Trinajstić information content (AvgIpc) is 3.29. The van der Waals surface area contributed by atoms with Crippen LogP contribution in [-0.4, -0.2) is 15.0 Å². The number of hydrogen-bond donors (Lipinski definition) is 0. The molecule has 0 bridgehead atoms. The number of hydrogen-bond acceptors (Lipinski definition) is 4. The van der Waals surface area contributed by atoms with E-state index in [1.54, 1.807) is 0 Å². The van der Waals surface area contributed by atoms with Gasteiger partial charge < -0.3 is 4.90 Å². The van der Waals surface area contributed by atoms with Crippen LogP contribution in [-0.2, 0) is 0 Å². The van der Waals surface area contributed by atoms with Crippen molar-refractivity contribution in [3.05, 3.63) is 206 Å². The highest BCUT2D eigenvalue weighted by Gasteiger charge is 2.20. The van der Waals surface area contributed by atoms with E-state index >= 15 is 0 Å². The van der Waals surface area contributed by atoms with Gasteiger partial charge in [-0.1, -0.05) is 158 Å². The third kappa shape index (κ3) is 5.66. The molecular formula is C53H34N4. The van der Waals surface area contributed by atoms with Crippen LogP contribution in [0.25, 0.3) is 88.0 Å². The Labute approximate surface area is 330 Å². The Morgan fingerprint density at radius 3 is 1.60 bits per heavy atom. The Balaban J connectivity index is 1.15. The Hall–Kier alpha value is -7.69. The van der Waals surface area contributed by atoms with Crippen molar-refractivity contribution in [3.8, 4) is 33.8 Å². The lowest BCUT2D eigenvalue weighted by molar-refractivity contribution is 1.28. The maximum absolute atomic E-state index is 5.59. The van der Waals surface area contributed by atoms with E-state index in [-0.39, 0.29) is 0 Å². The fourth-order valence-corrected chi connectivity index (χ4v) is 8.31. The molecule has 8 aromatic carbocycles. The van der Waals surface area contributed by atoms with Crippen molar-refractivity contribution in [2.75, 3.05) is 4.90 Å². The highest BCUT2D eigenvalue weighted by Crippen LogP contribution is 2.43. The van der Waals surface area contributed by atoms with Crippen LogP contribution in [0, 0.1) is 0 Å². The predicted octanol–water partition coefficient (Wildman–Crippen LogP) is 14.1. The summed E-state index contributed by atoms with van der Waals surface area (Å²) in [6.07, 6.45) is 0. The zero-order chi connectivity index (χ0) is 37.7. The molecule has 3 heterocycles. The number of para-hydroxylation sites is 2.